The summed E-state index contributed by atoms with van der Waals surface area (Å²) in [5.74, 6) is 0.730. The summed E-state index contributed by atoms with van der Waals surface area (Å²) in [5.41, 5.74) is 2.26. The summed E-state index contributed by atoms with van der Waals surface area (Å²) in [6.45, 7) is 4.97. The lowest BCUT2D eigenvalue weighted by atomic mass is 9.88. The molecule has 25 heavy (non-hydrogen) atoms. The lowest BCUT2D eigenvalue weighted by molar-refractivity contribution is -0.137. The van der Waals surface area contributed by atoms with Crippen molar-refractivity contribution in [1.82, 2.24) is 9.80 Å². The van der Waals surface area contributed by atoms with Crippen LogP contribution in [-0.4, -0.2) is 47.8 Å². The molecule has 3 rings (SSSR count). The maximum atomic E-state index is 12.7. The molecule has 2 amide bonds. The van der Waals surface area contributed by atoms with E-state index in [0.717, 1.165) is 37.9 Å². The predicted octanol–water partition coefficient (Wildman–Crippen LogP) is 3.18. The zero-order valence-electron chi connectivity index (χ0n) is 15.4. The number of carbonyl (C=O) groups excluding carboxylic acids is 2. The molecule has 2 fully saturated rings. The first-order valence-corrected chi connectivity index (χ1v) is 9.75. The van der Waals surface area contributed by atoms with Gasteiger partial charge in [0, 0.05) is 32.1 Å². The standard InChI is InChI=1S/C21H30N2O2/c1-17-7-5-8-18(15-17)16-20(24)22-11-6-12-23(14-13-22)21(25)19-9-3-2-4-10-19/h5,7-8,15,19H,2-4,6,9-14,16H2,1H3. The van der Waals surface area contributed by atoms with Crippen LogP contribution in [0.2, 0.25) is 0 Å². The number of hydrogen-bond acceptors (Lipinski definition) is 2. The van der Waals surface area contributed by atoms with Crippen LogP contribution in [-0.2, 0) is 16.0 Å². The van der Waals surface area contributed by atoms with E-state index in [1.807, 2.05) is 21.9 Å². The first-order valence-electron chi connectivity index (χ1n) is 9.75. The largest absolute Gasteiger partial charge is 0.341 e. The molecule has 0 atom stereocenters. The van der Waals surface area contributed by atoms with E-state index >= 15 is 0 Å². The van der Waals surface area contributed by atoms with E-state index < -0.39 is 0 Å². The van der Waals surface area contributed by atoms with Gasteiger partial charge in [-0.25, -0.2) is 0 Å². The highest BCUT2D eigenvalue weighted by molar-refractivity contribution is 5.80. The number of amides is 2. The van der Waals surface area contributed by atoms with Crippen molar-refractivity contribution < 1.29 is 9.59 Å². The maximum absolute atomic E-state index is 12.7. The second-order valence-corrected chi connectivity index (χ2v) is 7.56. The van der Waals surface area contributed by atoms with Gasteiger partial charge in [0.05, 0.1) is 6.42 Å². The van der Waals surface area contributed by atoms with Gasteiger partial charge in [-0.15, -0.1) is 0 Å². The van der Waals surface area contributed by atoms with Crippen molar-refractivity contribution in [3.63, 3.8) is 0 Å². The quantitative estimate of drug-likeness (QED) is 0.846. The molecule has 0 unspecified atom stereocenters. The molecule has 136 valence electrons. The molecule has 0 radical (unpaired) electrons. The van der Waals surface area contributed by atoms with Crippen LogP contribution in [0.4, 0.5) is 0 Å². The smallest absolute Gasteiger partial charge is 0.227 e. The molecular weight excluding hydrogens is 312 g/mol. The molecule has 0 aromatic heterocycles. The molecule has 0 N–H and O–H groups in total. The average Bonchev–Trinajstić information content (AvgIpc) is 2.88. The van der Waals surface area contributed by atoms with Gasteiger partial charge in [0.25, 0.3) is 0 Å². The SMILES string of the molecule is Cc1cccc(CC(=O)N2CCCN(C(=O)C3CCCCC3)CC2)c1. The van der Waals surface area contributed by atoms with E-state index in [4.69, 9.17) is 0 Å². The van der Waals surface area contributed by atoms with Crippen molar-refractivity contribution in [1.29, 1.82) is 0 Å². The predicted molar refractivity (Wildman–Crippen MR) is 99.2 cm³/mol. The molecule has 2 aliphatic rings. The van der Waals surface area contributed by atoms with Crippen LogP contribution >= 0.6 is 0 Å². The Bertz CT molecular complexity index is 608. The van der Waals surface area contributed by atoms with Crippen molar-refractivity contribution in [3.05, 3.63) is 35.4 Å². The number of nitrogens with zero attached hydrogens (tertiary/aromatic N) is 2. The molecule has 0 bridgehead atoms. The zero-order valence-corrected chi connectivity index (χ0v) is 15.4. The minimum absolute atomic E-state index is 0.178. The lowest BCUT2D eigenvalue weighted by Gasteiger charge is -2.28. The van der Waals surface area contributed by atoms with E-state index in [0.29, 0.717) is 25.4 Å². The zero-order chi connectivity index (χ0) is 17.6. The molecular formula is C21H30N2O2. The summed E-state index contributed by atoms with van der Waals surface area (Å²) in [6.07, 6.45) is 7.08. The third-order valence-corrected chi connectivity index (χ3v) is 5.55. The normalized spacial score (nSPS) is 19.6. The Morgan fingerprint density at radius 1 is 0.960 bits per heavy atom. The molecule has 1 aromatic rings. The van der Waals surface area contributed by atoms with Crippen molar-refractivity contribution in [2.45, 2.75) is 51.9 Å². The van der Waals surface area contributed by atoms with E-state index in [1.54, 1.807) is 0 Å². The van der Waals surface area contributed by atoms with Crippen LogP contribution in [0, 0.1) is 12.8 Å². The molecule has 1 aliphatic carbocycles. The number of aryl methyl sites for hydroxylation is 1. The van der Waals surface area contributed by atoms with E-state index in [1.165, 1.54) is 24.8 Å². The topological polar surface area (TPSA) is 40.6 Å². The molecule has 1 saturated carbocycles. The number of benzene rings is 1. The second-order valence-electron chi connectivity index (χ2n) is 7.56. The molecule has 0 spiro atoms. The Labute approximate surface area is 151 Å². The van der Waals surface area contributed by atoms with Gasteiger partial charge in [-0.3, -0.25) is 9.59 Å². The molecule has 1 heterocycles. The van der Waals surface area contributed by atoms with Gasteiger partial charge in [0.2, 0.25) is 11.8 Å². The van der Waals surface area contributed by atoms with Gasteiger partial charge in [-0.05, 0) is 31.7 Å². The maximum Gasteiger partial charge on any atom is 0.227 e. The summed E-state index contributed by atoms with van der Waals surface area (Å²) in [4.78, 5) is 29.3. The van der Waals surface area contributed by atoms with Crippen LogP contribution in [0.3, 0.4) is 0 Å². The van der Waals surface area contributed by atoms with Crippen LogP contribution in [0.25, 0.3) is 0 Å². The third kappa shape index (κ3) is 4.83. The van der Waals surface area contributed by atoms with Crippen molar-refractivity contribution in [2.24, 2.45) is 5.92 Å². The summed E-state index contributed by atoms with van der Waals surface area (Å²) in [7, 11) is 0. The molecule has 1 aromatic carbocycles. The summed E-state index contributed by atoms with van der Waals surface area (Å²) < 4.78 is 0. The van der Waals surface area contributed by atoms with Crippen LogP contribution < -0.4 is 0 Å². The van der Waals surface area contributed by atoms with Crippen molar-refractivity contribution in [3.8, 4) is 0 Å². The first-order chi connectivity index (χ1) is 12.1. The first kappa shape index (κ1) is 18.0. The Kier molecular flexibility index (Phi) is 6.11. The number of hydrogen-bond donors (Lipinski definition) is 0. The van der Waals surface area contributed by atoms with Gasteiger partial charge in [-0.2, -0.15) is 0 Å². The highest BCUT2D eigenvalue weighted by Crippen LogP contribution is 2.25. The van der Waals surface area contributed by atoms with Gasteiger partial charge in [0.1, 0.15) is 0 Å². The molecule has 4 nitrogen and oxygen atoms in total. The van der Waals surface area contributed by atoms with E-state index in [-0.39, 0.29) is 11.8 Å². The van der Waals surface area contributed by atoms with Gasteiger partial charge in [-0.1, -0.05) is 49.1 Å². The summed E-state index contributed by atoms with van der Waals surface area (Å²) in [6, 6.07) is 8.15. The minimum Gasteiger partial charge on any atom is -0.341 e. The van der Waals surface area contributed by atoms with Gasteiger partial charge in [0.15, 0.2) is 0 Å². The number of carbonyl (C=O) groups is 2. The van der Waals surface area contributed by atoms with E-state index in [9.17, 15) is 9.59 Å². The Balaban J connectivity index is 1.53. The molecule has 1 saturated heterocycles. The summed E-state index contributed by atoms with van der Waals surface area (Å²) >= 11 is 0. The number of rotatable bonds is 3. The Morgan fingerprint density at radius 2 is 1.68 bits per heavy atom. The molecule has 4 heteroatoms. The van der Waals surface area contributed by atoms with Gasteiger partial charge >= 0.3 is 0 Å². The average molecular weight is 342 g/mol. The fraction of sp³-hybridized carbons (Fsp3) is 0.619. The van der Waals surface area contributed by atoms with Gasteiger partial charge < -0.3 is 9.80 Å². The van der Waals surface area contributed by atoms with Crippen LogP contribution in [0.15, 0.2) is 24.3 Å². The van der Waals surface area contributed by atoms with Crippen LogP contribution in [0.5, 0.6) is 0 Å². The van der Waals surface area contributed by atoms with Crippen molar-refractivity contribution >= 4 is 11.8 Å². The summed E-state index contributed by atoms with van der Waals surface area (Å²) in [5, 5.41) is 0. The van der Waals surface area contributed by atoms with Crippen molar-refractivity contribution in [2.75, 3.05) is 26.2 Å². The van der Waals surface area contributed by atoms with Crippen LogP contribution in [0.1, 0.15) is 49.7 Å². The van der Waals surface area contributed by atoms with E-state index in [2.05, 4.69) is 19.1 Å². The minimum atomic E-state index is 0.178. The third-order valence-electron chi connectivity index (χ3n) is 5.55. The second kappa shape index (κ2) is 8.50. The monoisotopic (exact) mass is 342 g/mol. The molecule has 1 aliphatic heterocycles. The lowest BCUT2D eigenvalue weighted by Crippen LogP contribution is -2.40. The fourth-order valence-electron chi connectivity index (χ4n) is 4.10. The Hall–Kier alpha value is -1.84. The highest BCUT2D eigenvalue weighted by Gasteiger charge is 2.28. The highest BCUT2D eigenvalue weighted by atomic mass is 16.2. The fourth-order valence-corrected chi connectivity index (χ4v) is 4.10. The Morgan fingerprint density at radius 3 is 2.44 bits per heavy atom.